The summed E-state index contributed by atoms with van der Waals surface area (Å²) >= 11 is 4.02. The van der Waals surface area contributed by atoms with Crippen LogP contribution in [0.4, 0.5) is 11.4 Å². The van der Waals surface area contributed by atoms with Crippen LogP contribution in [0.1, 0.15) is 124 Å². The first-order valence-corrected chi connectivity index (χ1v) is 41.1. The average Bonchev–Trinajstić information content (AvgIpc) is 1.60. The van der Waals surface area contributed by atoms with Gasteiger partial charge >= 0.3 is 107 Å². The van der Waals surface area contributed by atoms with Gasteiger partial charge in [0.1, 0.15) is 80.7 Å². The van der Waals surface area contributed by atoms with Crippen molar-refractivity contribution in [3.8, 4) is 5.75 Å². The number of amides is 3. The molecule has 0 fully saturated rings. The number of unbranched alkanes of at least 4 members (excludes halogenated alkanes) is 3. The first kappa shape index (κ1) is 95.7. The van der Waals surface area contributed by atoms with Crippen LogP contribution in [0, 0.1) is 11.5 Å². The van der Waals surface area contributed by atoms with Crippen molar-refractivity contribution in [1.82, 2.24) is 10.2 Å². The Labute approximate surface area is 705 Å². The van der Waals surface area contributed by atoms with Gasteiger partial charge in [-0.1, -0.05) is 61.7 Å². The quantitative estimate of drug-likeness (QED) is 0.00641. The number of hydrogen-bond acceptors (Lipinski definition) is 24. The monoisotopic (exact) mass is 1670 g/mol. The third kappa shape index (κ3) is 27.0. The Bertz CT molecular complexity index is 4410. The molecular weight excluding hydrogens is 1590 g/mol. The van der Waals surface area contributed by atoms with Crippen molar-refractivity contribution >= 4 is 119 Å². The molecule has 0 saturated heterocycles. The van der Waals surface area contributed by atoms with E-state index in [1.807, 2.05) is 76.3 Å². The van der Waals surface area contributed by atoms with Crippen LogP contribution in [0.25, 0.3) is 0 Å². The van der Waals surface area contributed by atoms with E-state index in [0.29, 0.717) is 90.9 Å². The van der Waals surface area contributed by atoms with Gasteiger partial charge in [-0.2, -0.15) is 18.2 Å². The number of carboxylic acids is 1. The molecule has 3 aromatic rings. The number of nitrogens with zero attached hydrogens (tertiary/aromatic N) is 4. The molecule has 0 radical (unpaired) electrons. The molecule has 3 aromatic carbocycles. The predicted molar refractivity (Wildman–Crippen MR) is 383 cm³/mol. The number of ether oxygens (including phenoxy) is 3. The zero-order chi connectivity index (χ0) is 77.2. The molecule has 0 saturated carbocycles. The van der Waals surface area contributed by atoms with Crippen LogP contribution in [0.3, 0.4) is 0 Å². The first-order chi connectivity index (χ1) is 48.2. The molecule has 2 unspecified atom stereocenters. The van der Waals surface area contributed by atoms with E-state index in [4.69, 9.17) is 23.3 Å². The van der Waals surface area contributed by atoms with E-state index in [2.05, 4.69) is 45.7 Å². The van der Waals surface area contributed by atoms with Gasteiger partial charge in [-0.15, -0.1) is 17.8 Å². The van der Waals surface area contributed by atoms with E-state index in [1.54, 1.807) is 12.1 Å². The van der Waals surface area contributed by atoms with E-state index in [-0.39, 0.29) is 144 Å². The molecule has 4 aliphatic rings. The smallest absolute Gasteiger partial charge is 0.756 e. The van der Waals surface area contributed by atoms with Gasteiger partial charge in [-0.25, -0.2) is 34.6 Å². The van der Waals surface area contributed by atoms with Crippen LogP contribution in [-0.4, -0.2) is 195 Å². The van der Waals surface area contributed by atoms with Crippen LogP contribution in [-0.2, 0) is 93.0 Å². The minimum absolute atomic E-state index is 0. The number of carboxylic acid groups (broad SMARTS) is 1. The number of nitrogens with one attached hydrogen (secondary N) is 1. The van der Waals surface area contributed by atoms with Gasteiger partial charge in [0.25, 0.3) is 19.6 Å². The summed E-state index contributed by atoms with van der Waals surface area (Å²) in [5.74, 6) is -5.40. The number of carbonyl (C=O) groups is 6. The SMILES string of the molecule is CC(C)(CC(C)(Br)C(=O)OCCOP(=O)([O-])OCC[N+](C)(C)C)C(=O)OCCN1C(=O)C=C(SC[C@H](NC(=O)CCCCCN2/C(=C/C=C3\CCCC(/C=C/C4=[N+](CCCCS(=O)(=O)[O-])c5cc[c-]cc5C4(C)C)=C3Oc3ccc(S(=O)(=O)[O-])cc3)C(C)(C)c3cc(S(=O)(=O)[O-])ccc32)C(=O)O)C1=O.[Na+].[Na+].[Na+]. The van der Waals surface area contributed by atoms with Gasteiger partial charge in [0, 0.05) is 65.3 Å². The van der Waals surface area contributed by atoms with Crippen LogP contribution in [0.2, 0.25) is 0 Å². The number of aliphatic carboxylic acids is 1. The minimum atomic E-state index is -4.89. The number of quaternary nitrogens is 1. The van der Waals surface area contributed by atoms with E-state index < -0.39 is 136 Å². The predicted octanol–water partition coefficient (Wildman–Crippen LogP) is -1.33. The Morgan fingerprint density at radius 2 is 1.44 bits per heavy atom. The summed E-state index contributed by atoms with van der Waals surface area (Å²) in [5, 5.41) is 12.6. The standard InChI is InChI=1S/C70H91BrN5O23PS4.3Na/c1-67(2,46-70(7,71)66(83)96-40-41-98-100(84,85)97-39-37-76(8,9)10)65(82)95-38-36-75-61(78)44-57(63(75)79)101-45-54(64(80)81)72-60(77)23-12-11-15-34-74-56-31-30-51(104(92,93)94)43-53(56)69(5,6)59(74)33-25-48-20-18-19-47(62(48)99-49-26-28-50(29-27-49)103(89,90)91)24-32-58-68(3,4)52-21-13-14-22-55(52)73(58)35-16-17-42-102(86,87)88;;;/h14,21-22,24-33,43-44,54H,11-12,15-20,23,34-42,45-46H2,1-10H3,(H5-,72,77,80,81,84,85,86,87,88,89,90,91,92,93,94);;;/q;3*+1/p-3/t54-,70?;;;/m0.../s1. The maximum Gasteiger partial charge on any atom is 1.00 e. The van der Waals surface area contributed by atoms with Crippen LogP contribution in [0.15, 0.2) is 128 Å². The van der Waals surface area contributed by atoms with Gasteiger partial charge in [0.15, 0.2) is 5.71 Å². The van der Waals surface area contributed by atoms with E-state index in [1.165, 1.54) is 45.0 Å². The summed E-state index contributed by atoms with van der Waals surface area (Å²) in [5.41, 5.74) is 3.24. The normalized spacial score (nSPS) is 18.0. The summed E-state index contributed by atoms with van der Waals surface area (Å²) < 4.78 is 148. The maximum atomic E-state index is 13.4. The molecular formula is C70H88BrN5Na3O23PS4. The number of fused-ring (bicyclic) bond motifs is 2. The van der Waals surface area contributed by atoms with Gasteiger partial charge in [0.2, 0.25) is 5.91 Å². The molecule has 3 heterocycles. The fourth-order valence-electron chi connectivity index (χ4n) is 12.3. The fraction of sp³-hybridized carbons (Fsp3) is 0.500. The number of benzene rings is 3. The van der Waals surface area contributed by atoms with Gasteiger partial charge in [0.05, 0.1) is 64.5 Å². The van der Waals surface area contributed by atoms with Crippen molar-refractivity contribution < 1.29 is 203 Å². The number of hydrogen-bond donors (Lipinski definition) is 2. The Balaban J connectivity index is 0.00000807. The average molecular weight is 1680 g/mol. The third-order valence-corrected chi connectivity index (χ3v) is 23.0. The molecule has 3 amide bonds. The molecule has 0 aromatic heterocycles. The fourth-order valence-corrected chi connectivity index (χ4v) is 16.4. The molecule has 28 nitrogen and oxygen atoms in total. The van der Waals surface area contributed by atoms with Crippen molar-refractivity contribution in [1.29, 1.82) is 0 Å². The first-order valence-electron chi connectivity index (χ1n) is 33.4. The molecule has 107 heavy (non-hydrogen) atoms. The number of thioether (sulfide) groups is 1. The Kier molecular flexibility index (Phi) is 35.6. The number of likely N-dealkylation sites (N-methyl/N-ethyl adjacent to an activating group) is 1. The number of alkyl halides is 1. The zero-order valence-electron chi connectivity index (χ0n) is 62.6. The molecule has 3 aliphatic heterocycles. The van der Waals surface area contributed by atoms with Crippen molar-refractivity contribution in [3.05, 3.63) is 136 Å². The number of phosphoric acid groups is 1. The van der Waals surface area contributed by atoms with E-state index in [9.17, 15) is 82.2 Å². The summed E-state index contributed by atoms with van der Waals surface area (Å²) in [6.45, 7) is 11.5. The van der Waals surface area contributed by atoms with Crippen LogP contribution < -0.4 is 109 Å². The Morgan fingerprint density at radius 3 is 2.07 bits per heavy atom. The van der Waals surface area contributed by atoms with E-state index >= 15 is 0 Å². The topological polar surface area (TPSA) is 402 Å². The second kappa shape index (κ2) is 39.8. The summed E-state index contributed by atoms with van der Waals surface area (Å²) in [4.78, 5) is 92.3. The summed E-state index contributed by atoms with van der Waals surface area (Å²) in [7, 11) is -13.2. The van der Waals surface area contributed by atoms with Crippen LogP contribution >= 0.6 is 35.5 Å². The molecule has 570 valence electrons. The molecule has 1 aliphatic carbocycles. The van der Waals surface area contributed by atoms with Crippen molar-refractivity contribution in [3.63, 3.8) is 0 Å². The molecule has 0 bridgehead atoms. The van der Waals surface area contributed by atoms with Crippen LogP contribution in [0.5, 0.6) is 5.75 Å². The van der Waals surface area contributed by atoms with Crippen molar-refractivity contribution in [2.75, 3.05) is 90.2 Å². The molecule has 0 spiro atoms. The number of rotatable bonds is 38. The summed E-state index contributed by atoms with van der Waals surface area (Å²) in [6.07, 6.45) is 11.8. The zero-order valence-corrected chi connectivity index (χ0v) is 74.3. The molecule has 3 atom stereocenters. The van der Waals surface area contributed by atoms with E-state index in [0.717, 1.165) is 57.4 Å². The number of anilines is 1. The van der Waals surface area contributed by atoms with Gasteiger partial charge in [-0.05, 0) is 137 Å². The number of allylic oxidation sites excluding steroid dienone is 7. The largest absolute Gasteiger partial charge is 1.00 e. The Morgan fingerprint density at radius 1 is 0.794 bits per heavy atom. The molecule has 37 heteroatoms. The summed E-state index contributed by atoms with van der Waals surface area (Å²) in [6, 6.07) is 16.5. The van der Waals surface area contributed by atoms with Gasteiger partial charge < -0.3 is 61.6 Å². The number of carbonyl (C=O) groups excluding carboxylic acids is 5. The second-order valence-electron chi connectivity index (χ2n) is 28.3. The number of halogens is 1. The van der Waals surface area contributed by atoms with Crippen molar-refractivity contribution in [2.45, 2.75) is 144 Å². The Hall–Kier alpha value is -3.72. The van der Waals surface area contributed by atoms with Gasteiger partial charge in [-0.3, -0.25) is 33.4 Å². The second-order valence-corrected chi connectivity index (χ2v) is 36.8. The number of esters is 2. The number of phosphoric ester groups is 1. The maximum absolute atomic E-state index is 13.4. The minimum Gasteiger partial charge on any atom is -0.756 e. The number of imide groups is 1. The third-order valence-electron chi connectivity index (χ3n) is 17.8. The van der Waals surface area contributed by atoms with Crippen molar-refractivity contribution in [2.24, 2.45) is 5.41 Å². The molecule has 2 N–H and O–H groups in total. The molecule has 7 rings (SSSR count).